The minimum atomic E-state index is -0.766. The highest BCUT2D eigenvalue weighted by atomic mass is 16.6. The lowest BCUT2D eigenvalue weighted by atomic mass is 9.54. The molecular weight excluding hydrogens is 268 g/mol. The molecule has 0 atom stereocenters. The van der Waals surface area contributed by atoms with E-state index in [4.69, 9.17) is 9.47 Å². The van der Waals surface area contributed by atoms with E-state index in [2.05, 4.69) is 0 Å². The lowest BCUT2D eigenvalue weighted by Crippen LogP contribution is -2.53. The molecule has 4 bridgehead atoms. The van der Waals surface area contributed by atoms with Gasteiger partial charge in [0.1, 0.15) is 11.7 Å². The van der Waals surface area contributed by atoms with E-state index in [1.807, 2.05) is 0 Å². The number of hydrogen-bond acceptors (Lipinski definition) is 4. The topological polar surface area (TPSA) is 52.6 Å². The number of ether oxygens (including phenoxy) is 2. The Labute approximate surface area is 125 Å². The van der Waals surface area contributed by atoms with Gasteiger partial charge in [-0.3, -0.25) is 0 Å². The first-order valence-electron chi connectivity index (χ1n) is 8.56. The van der Waals surface area contributed by atoms with Gasteiger partial charge in [-0.25, -0.2) is 9.59 Å². The molecule has 5 fully saturated rings. The van der Waals surface area contributed by atoms with Crippen LogP contribution in [0.4, 0.5) is 0 Å². The smallest absolute Gasteiger partial charge is 0.418 e. The highest BCUT2D eigenvalue weighted by Crippen LogP contribution is 2.57. The molecule has 5 saturated carbocycles. The van der Waals surface area contributed by atoms with Gasteiger partial charge in [-0.05, 0) is 82.0 Å². The summed E-state index contributed by atoms with van der Waals surface area (Å²) in [6.45, 7) is 0. The molecule has 21 heavy (non-hydrogen) atoms. The third kappa shape index (κ3) is 2.58. The Morgan fingerprint density at radius 2 is 1.33 bits per heavy atom. The van der Waals surface area contributed by atoms with Crippen molar-refractivity contribution in [2.45, 2.75) is 75.9 Å². The van der Waals surface area contributed by atoms with Crippen molar-refractivity contribution in [1.29, 1.82) is 0 Å². The summed E-state index contributed by atoms with van der Waals surface area (Å²) in [6.07, 6.45) is 10.6. The van der Waals surface area contributed by atoms with E-state index in [0.717, 1.165) is 44.9 Å². The highest BCUT2D eigenvalue weighted by Gasteiger charge is 2.53. The normalized spacial score (nSPS) is 41.2. The summed E-state index contributed by atoms with van der Waals surface area (Å²) in [5, 5.41) is 0. The molecule has 4 nitrogen and oxygen atoms in total. The van der Waals surface area contributed by atoms with Crippen LogP contribution in [0.15, 0.2) is 0 Å². The van der Waals surface area contributed by atoms with E-state index in [1.54, 1.807) is 0 Å². The first-order valence-corrected chi connectivity index (χ1v) is 8.56. The summed E-state index contributed by atoms with van der Waals surface area (Å²) >= 11 is 0. The number of carbonyl (C=O) groups is 2. The predicted octanol–water partition coefficient (Wildman–Crippen LogP) is 2.98. The number of hydrogen-bond donors (Lipinski definition) is 0. The molecule has 5 aliphatic rings. The molecule has 5 rings (SSSR count). The van der Waals surface area contributed by atoms with E-state index in [1.165, 1.54) is 19.3 Å². The summed E-state index contributed by atoms with van der Waals surface area (Å²) in [6, 6.07) is 0. The number of carbonyl (C=O) groups excluding carboxylic acids is 2. The second-order valence-corrected chi connectivity index (χ2v) is 7.80. The minimum Gasteiger partial charge on any atom is -0.454 e. The summed E-state index contributed by atoms with van der Waals surface area (Å²) in [7, 11) is 0. The van der Waals surface area contributed by atoms with Gasteiger partial charge in [-0.2, -0.15) is 0 Å². The molecule has 5 aliphatic carbocycles. The molecule has 0 radical (unpaired) electrons. The standard InChI is InChI=1S/C17H24O4/c18-15(20-14-3-1-2-4-14)16(19)21-17-8-11-5-12(9-17)7-13(6-11)10-17/h11-14H,1-10H2. The largest absolute Gasteiger partial charge is 0.454 e. The Kier molecular flexibility index (Phi) is 3.23. The second-order valence-electron chi connectivity index (χ2n) is 7.80. The van der Waals surface area contributed by atoms with Gasteiger partial charge in [-0.1, -0.05) is 0 Å². The van der Waals surface area contributed by atoms with Gasteiger partial charge < -0.3 is 9.47 Å². The van der Waals surface area contributed by atoms with Crippen LogP contribution in [0.2, 0.25) is 0 Å². The maximum atomic E-state index is 12.1. The minimum absolute atomic E-state index is 0.0681. The highest BCUT2D eigenvalue weighted by molar-refractivity contribution is 6.29. The fourth-order valence-corrected chi connectivity index (χ4v) is 5.60. The molecule has 4 heteroatoms. The SMILES string of the molecule is O=C(OC1CCCC1)C(=O)OC12CC3CC(CC(C3)C1)C2. The number of rotatable bonds is 2. The Morgan fingerprint density at radius 1 is 0.810 bits per heavy atom. The summed E-state index contributed by atoms with van der Waals surface area (Å²) in [5.74, 6) is 0.598. The van der Waals surface area contributed by atoms with Crippen LogP contribution in [0.3, 0.4) is 0 Å². The van der Waals surface area contributed by atoms with Crippen molar-refractivity contribution in [3.05, 3.63) is 0 Å². The molecule has 0 N–H and O–H groups in total. The van der Waals surface area contributed by atoms with E-state index < -0.39 is 11.9 Å². The zero-order valence-electron chi connectivity index (χ0n) is 12.5. The lowest BCUT2D eigenvalue weighted by Gasteiger charge is -2.55. The predicted molar refractivity (Wildman–Crippen MR) is 75.3 cm³/mol. The van der Waals surface area contributed by atoms with Crippen molar-refractivity contribution in [3.8, 4) is 0 Å². The third-order valence-corrected chi connectivity index (χ3v) is 6.03. The second kappa shape index (κ2) is 4.99. The van der Waals surface area contributed by atoms with Gasteiger partial charge in [0.15, 0.2) is 0 Å². The van der Waals surface area contributed by atoms with Crippen LogP contribution in [0.5, 0.6) is 0 Å². The van der Waals surface area contributed by atoms with Crippen LogP contribution in [-0.4, -0.2) is 23.6 Å². The first kappa shape index (κ1) is 13.6. The Morgan fingerprint density at radius 3 is 1.86 bits per heavy atom. The van der Waals surface area contributed by atoms with E-state index in [0.29, 0.717) is 17.8 Å². The molecule has 0 heterocycles. The Bertz CT molecular complexity index is 414. The van der Waals surface area contributed by atoms with Crippen molar-refractivity contribution in [1.82, 2.24) is 0 Å². The van der Waals surface area contributed by atoms with Crippen molar-refractivity contribution in [3.63, 3.8) is 0 Å². The summed E-state index contributed by atoms with van der Waals surface area (Å²) < 4.78 is 11.0. The van der Waals surface area contributed by atoms with Gasteiger partial charge >= 0.3 is 11.9 Å². The van der Waals surface area contributed by atoms with Crippen molar-refractivity contribution < 1.29 is 19.1 Å². The molecule has 0 saturated heterocycles. The van der Waals surface area contributed by atoms with Gasteiger partial charge in [0.25, 0.3) is 0 Å². The molecule has 0 spiro atoms. The zero-order chi connectivity index (χ0) is 14.4. The molecule has 0 unspecified atom stereocenters. The molecule has 0 aliphatic heterocycles. The fourth-order valence-electron chi connectivity index (χ4n) is 5.60. The van der Waals surface area contributed by atoms with Gasteiger partial charge in [-0.15, -0.1) is 0 Å². The average Bonchev–Trinajstić information content (AvgIpc) is 2.89. The van der Waals surface area contributed by atoms with Crippen LogP contribution >= 0.6 is 0 Å². The van der Waals surface area contributed by atoms with Gasteiger partial charge in [0.2, 0.25) is 0 Å². The van der Waals surface area contributed by atoms with Crippen LogP contribution < -0.4 is 0 Å². The fraction of sp³-hybridized carbons (Fsp3) is 0.882. The molecular formula is C17H24O4. The van der Waals surface area contributed by atoms with Crippen molar-refractivity contribution >= 4 is 11.9 Å². The molecule has 116 valence electrons. The van der Waals surface area contributed by atoms with Crippen LogP contribution in [-0.2, 0) is 19.1 Å². The van der Waals surface area contributed by atoms with Crippen molar-refractivity contribution in [2.75, 3.05) is 0 Å². The van der Waals surface area contributed by atoms with E-state index in [9.17, 15) is 9.59 Å². The molecule has 0 aromatic heterocycles. The average molecular weight is 292 g/mol. The van der Waals surface area contributed by atoms with Gasteiger partial charge in [0.05, 0.1) is 0 Å². The third-order valence-electron chi connectivity index (χ3n) is 6.03. The monoisotopic (exact) mass is 292 g/mol. The van der Waals surface area contributed by atoms with Crippen molar-refractivity contribution in [2.24, 2.45) is 17.8 Å². The maximum absolute atomic E-state index is 12.1. The van der Waals surface area contributed by atoms with Crippen LogP contribution in [0.1, 0.15) is 64.2 Å². The van der Waals surface area contributed by atoms with Crippen LogP contribution in [0.25, 0.3) is 0 Å². The number of esters is 2. The van der Waals surface area contributed by atoms with E-state index >= 15 is 0 Å². The Hall–Kier alpha value is -1.06. The molecule has 0 aromatic carbocycles. The van der Waals surface area contributed by atoms with Crippen LogP contribution in [0, 0.1) is 17.8 Å². The van der Waals surface area contributed by atoms with Gasteiger partial charge in [0, 0.05) is 0 Å². The quantitative estimate of drug-likeness (QED) is 0.580. The zero-order valence-corrected chi connectivity index (χ0v) is 12.5. The Balaban J connectivity index is 1.38. The molecule has 0 amide bonds. The molecule has 0 aromatic rings. The first-order chi connectivity index (χ1) is 10.1. The maximum Gasteiger partial charge on any atom is 0.418 e. The summed E-state index contributed by atoms with van der Waals surface area (Å²) in [5.41, 5.74) is -0.347. The lowest BCUT2D eigenvalue weighted by molar-refractivity contribution is -0.197. The summed E-state index contributed by atoms with van der Waals surface area (Å²) in [4.78, 5) is 24.0. The van der Waals surface area contributed by atoms with E-state index in [-0.39, 0.29) is 11.7 Å².